The minimum atomic E-state index is 0.374. The normalized spacial score (nSPS) is 27.4. The number of halogens is 1. The van der Waals surface area contributed by atoms with E-state index in [4.69, 9.17) is 16.9 Å². The number of aromatic nitrogens is 1. The number of hydrogen-bond donors (Lipinski definition) is 0. The molecular formula is C11H9ClN2. The molecule has 2 aliphatic carbocycles. The lowest BCUT2D eigenvalue weighted by molar-refractivity contribution is 0.696. The highest BCUT2D eigenvalue weighted by Gasteiger charge is 2.38. The van der Waals surface area contributed by atoms with E-state index >= 15 is 0 Å². The molecule has 3 heteroatoms. The highest BCUT2D eigenvalue weighted by molar-refractivity contribution is 6.30. The Balaban J connectivity index is 2.22. The van der Waals surface area contributed by atoms with Crippen molar-refractivity contribution >= 4 is 11.6 Å². The number of rotatable bonds is 0. The van der Waals surface area contributed by atoms with Crippen LogP contribution in [0.25, 0.3) is 0 Å². The quantitative estimate of drug-likeness (QED) is 0.610. The van der Waals surface area contributed by atoms with Gasteiger partial charge >= 0.3 is 0 Å². The first-order chi connectivity index (χ1) is 6.79. The van der Waals surface area contributed by atoms with Crippen LogP contribution in [0.2, 0.25) is 5.15 Å². The van der Waals surface area contributed by atoms with Crippen LogP contribution >= 0.6 is 11.6 Å². The van der Waals surface area contributed by atoms with Gasteiger partial charge in [-0.05, 0) is 36.8 Å². The zero-order valence-corrected chi connectivity index (χ0v) is 8.38. The van der Waals surface area contributed by atoms with Crippen molar-refractivity contribution in [3.63, 3.8) is 0 Å². The Bertz CT molecular complexity index is 447. The maximum Gasteiger partial charge on any atom is 0.147 e. The fourth-order valence-electron chi connectivity index (χ4n) is 2.76. The molecule has 0 spiro atoms. The van der Waals surface area contributed by atoms with E-state index in [1.165, 1.54) is 24.8 Å². The lowest BCUT2D eigenvalue weighted by Gasteiger charge is -2.14. The van der Waals surface area contributed by atoms with Gasteiger partial charge in [-0.2, -0.15) is 5.26 Å². The maximum absolute atomic E-state index is 8.85. The van der Waals surface area contributed by atoms with Crippen molar-refractivity contribution in [2.75, 3.05) is 0 Å². The molecule has 1 fully saturated rings. The molecule has 2 bridgehead atoms. The van der Waals surface area contributed by atoms with Crippen LogP contribution in [0.1, 0.15) is 47.9 Å². The van der Waals surface area contributed by atoms with Gasteiger partial charge in [-0.3, -0.25) is 0 Å². The van der Waals surface area contributed by atoms with E-state index in [1.807, 2.05) is 6.07 Å². The largest absolute Gasteiger partial charge is 0.239 e. The van der Waals surface area contributed by atoms with Crippen LogP contribution in [0, 0.1) is 11.3 Å². The lowest BCUT2D eigenvalue weighted by Crippen LogP contribution is -2.02. The Kier molecular flexibility index (Phi) is 1.60. The Morgan fingerprint density at radius 3 is 3.00 bits per heavy atom. The monoisotopic (exact) mass is 204 g/mol. The SMILES string of the molecule is N#Cc1cc2c(nc1Cl)[C@H]1CC[C@H]2C1. The van der Waals surface area contributed by atoms with Crippen molar-refractivity contribution in [3.05, 3.63) is 28.0 Å². The van der Waals surface area contributed by atoms with Crippen LogP contribution in [-0.4, -0.2) is 4.98 Å². The second kappa shape index (κ2) is 2.71. The van der Waals surface area contributed by atoms with Crippen molar-refractivity contribution in [2.45, 2.75) is 31.1 Å². The Hall–Kier alpha value is -1.07. The minimum Gasteiger partial charge on any atom is -0.239 e. The van der Waals surface area contributed by atoms with E-state index < -0.39 is 0 Å². The smallest absolute Gasteiger partial charge is 0.147 e. The molecule has 1 aromatic heterocycles. The third-order valence-electron chi connectivity index (χ3n) is 3.42. The molecule has 14 heavy (non-hydrogen) atoms. The van der Waals surface area contributed by atoms with Crippen molar-refractivity contribution in [1.82, 2.24) is 4.98 Å². The molecule has 70 valence electrons. The van der Waals surface area contributed by atoms with Gasteiger partial charge in [0.05, 0.1) is 5.56 Å². The summed E-state index contributed by atoms with van der Waals surface area (Å²) in [7, 11) is 0. The van der Waals surface area contributed by atoms with Crippen LogP contribution in [0.3, 0.4) is 0 Å². The van der Waals surface area contributed by atoms with Crippen molar-refractivity contribution < 1.29 is 0 Å². The minimum absolute atomic E-state index is 0.374. The van der Waals surface area contributed by atoms with Crippen LogP contribution < -0.4 is 0 Å². The standard InChI is InChI=1S/C11H9ClN2/c12-11-8(5-13)4-9-6-1-2-7(3-6)10(9)14-11/h4,6-7H,1-3H2/t6-,7-/m0/s1. The highest BCUT2D eigenvalue weighted by atomic mass is 35.5. The van der Waals surface area contributed by atoms with Gasteiger partial charge in [0.15, 0.2) is 0 Å². The summed E-state index contributed by atoms with van der Waals surface area (Å²) in [5.41, 5.74) is 2.96. The summed E-state index contributed by atoms with van der Waals surface area (Å²) < 4.78 is 0. The number of nitriles is 1. The molecule has 0 N–H and O–H groups in total. The summed E-state index contributed by atoms with van der Waals surface area (Å²) in [6.07, 6.45) is 3.71. The molecule has 0 aliphatic heterocycles. The van der Waals surface area contributed by atoms with Gasteiger partial charge in [0.2, 0.25) is 0 Å². The summed E-state index contributed by atoms with van der Waals surface area (Å²) in [6, 6.07) is 4.03. The molecule has 3 rings (SSSR count). The zero-order chi connectivity index (χ0) is 9.71. The molecule has 2 atom stereocenters. The van der Waals surface area contributed by atoms with E-state index in [0.717, 1.165) is 5.69 Å². The first-order valence-corrected chi connectivity index (χ1v) is 5.28. The van der Waals surface area contributed by atoms with Crippen molar-refractivity contribution in [3.8, 4) is 6.07 Å². The molecule has 0 aromatic carbocycles. The first-order valence-electron chi connectivity index (χ1n) is 4.90. The van der Waals surface area contributed by atoms with Gasteiger partial charge in [0.1, 0.15) is 11.2 Å². The van der Waals surface area contributed by atoms with Gasteiger partial charge in [-0.25, -0.2) is 4.98 Å². The van der Waals surface area contributed by atoms with E-state index in [9.17, 15) is 0 Å². The zero-order valence-electron chi connectivity index (χ0n) is 7.63. The first kappa shape index (κ1) is 8.26. The van der Waals surface area contributed by atoms with Gasteiger partial charge in [0, 0.05) is 11.6 Å². The summed E-state index contributed by atoms with van der Waals surface area (Å²) >= 11 is 5.91. The average Bonchev–Trinajstić information content (AvgIpc) is 2.77. The number of nitrogens with zero attached hydrogens (tertiary/aromatic N) is 2. The predicted octanol–water partition coefficient (Wildman–Crippen LogP) is 2.97. The van der Waals surface area contributed by atoms with Gasteiger partial charge in [-0.1, -0.05) is 11.6 Å². The number of hydrogen-bond acceptors (Lipinski definition) is 2. The molecule has 1 heterocycles. The molecule has 0 radical (unpaired) electrons. The van der Waals surface area contributed by atoms with Gasteiger partial charge in [0.25, 0.3) is 0 Å². The molecule has 0 amide bonds. The fourth-order valence-corrected chi connectivity index (χ4v) is 2.95. The lowest BCUT2D eigenvalue weighted by atomic mass is 9.95. The Morgan fingerprint density at radius 2 is 2.21 bits per heavy atom. The number of pyridine rings is 1. The average molecular weight is 205 g/mol. The Labute approximate surface area is 87.5 Å². The predicted molar refractivity (Wildman–Crippen MR) is 53.3 cm³/mol. The second-order valence-electron chi connectivity index (χ2n) is 4.12. The topological polar surface area (TPSA) is 36.7 Å². The Morgan fingerprint density at radius 1 is 1.43 bits per heavy atom. The maximum atomic E-state index is 8.85. The van der Waals surface area contributed by atoms with E-state index in [1.54, 1.807) is 0 Å². The highest BCUT2D eigenvalue weighted by Crippen LogP contribution is 2.52. The summed E-state index contributed by atoms with van der Waals surface area (Å²) in [5.74, 6) is 1.26. The van der Waals surface area contributed by atoms with Crippen LogP contribution in [-0.2, 0) is 0 Å². The molecule has 0 unspecified atom stereocenters. The molecule has 2 nitrogen and oxygen atoms in total. The van der Waals surface area contributed by atoms with Gasteiger partial charge < -0.3 is 0 Å². The van der Waals surface area contributed by atoms with Gasteiger partial charge in [-0.15, -0.1) is 0 Å². The van der Waals surface area contributed by atoms with E-state index in [2.05, 4.69) is 11.1 Å². The third kappa shape index (κ3) is 0.936. The van der Waals surface area contributed by atoms with Crippen LogP contribution in [0.15, 0.2) is 6.07 Å². The molecular weight excluding hydrogens is 196 g/mol. The van der Waals surface area contributed by atoms with Crippen molar-refractivity contribution in [2.24, 2.45) is 0 Å². The summed E-state index contributed by atoms with van der Waals surface area (Å²) in [5, 5.41) is 9.22. The van der Waals surface area contributed by atoms with E-state index in [-0.39, 0.29) is 0 Å². The van der Waals surface area contributed by atoms with Crippen molar-refractivity contribution in [1.29, 1.82) is 5.26 Å². The fraction of sp³-hybridized carbons (Fsp3) is 0.455. The van der Waals surface area contributed by atoms with E-state index in [0.29, 0.717) is 22.6 Å². The van der Waals surface area contributed by atoms with Crippen LogP contribution in [0.4, 0.5) is 0 Å². The van der Waals surface area contributed by atoms with Crippen LogP contribution in [0.5, 0.6) is 0 Å². The number of fused-ring (bicyclic) bond motifs is 5. The molecule has 2 aliphatic rings. The second-order valence-corrected chi connectivity index (χ2v) is 4.48. The third-order valence-corrected chi connectivity index (χ3v) is 3.70. The summed E-state index contributed by atoms with van der Waals surface area (Å²) in [6.45, 7) is 0. The summed E-state index contributed by atoms with van der Waals surface area (Å²) in [4.78, 5) is 4.35. The molecule has 0 saturated heterocycles. The molecule has 1 aromatic rings. The molecule has 1 saturated carbocycles.